The van der Waals surface area contributed by atoms with Gasteiger partial charge in [0.2, 0.25) is 11.8 Å². The van der Waals surface area contributed by atoms with Crippen molar-refractivity contribution in [2.45, 2.75) is 44.9 Å². The minimum atomic E-state index is -0.605. The quantitative estimate of drug-likeness (QED) is 0.287. The van der Waals surface area contributed by atoms with Crippen molar-refractivity contribution in [3.8, 4) is 22.6 Å². The number of urea groups is 1. The Hall–Kier alpha value is -5.45. The second-order valence-corrected chi connectivity index (χ2v) is 16.2. The smallest absolute Gasteiger partial charge is 0.317 e. The summed E-state index contributed by atoms with van der Waals surface area (Å²) in [5.41, 5.74) is 6.96. The number of imide groups is 1. The number of aromatic nitrogens is 1. The number of carbonyl (C=O) groups is 4. The van der Waals surface area contributed by atoms with Crippen LogP contribution in [0.25, 0.3) is 11.1 Å². The van der Waals surface area contributed by atoms with E-state index in [2.05, 4.69) is 36.3 Å². The Kier molecular flexibility index (Phi) is 11.6. The number of anilines is 1. The van der Waals surface area contributed by atoms with Crippen LogP contribution < -0.4 is 30.6 Å². The van der Waals surface area contributed by atoms with Gasteiger partial charge in [-0.3, -0.25) is 39.2 Å². The van der Waals surface area contributed by atoms with Crippen LogP contribution in [-0.4, -0.2) is 152 Å². The van der Waals surface area contributed by atoms with Gasteiger partial charge >= 0.3 is 6.03 Å². The zero-order valence-electron chi connectivity index (χ0n) is 34.6. The van der Waals surface area contributed by atoms with Gasteiger partial charge in [0.1, 0.15) is 17.5 Å². The number of piperidine rings is 1. The zero-order valence-corrected chi connectivity index (χ0v) is 34.6. The summed E-state index contributed by atoms with van der Waals surface area (Å²) in [6.07, 6.45) is 3.07. The largest absolute Gasteiger partial charge is 0.496 e. The van der Waals surface area contributed by atoms with Gasteiger partial charge in [0, 0.05) is 134 Å². The molecule has 16 nitrogen and oxygen atoms in total. The molecule has 0 radical (unpaired) electrons. The molecule has 0 bridgehead atoms. The van der Waals surface area contributed by atoms with Gasteiger partial charge < -0.3 is 34.1 Å². The number of ether oxygens (including phenoxy) is 2. The van der Waals surface area contributed by atoms with Crippen molar-refractivity contribution in [3.05, 3.63) is 74.7 Å². The monoisotopic (exact) mass is 809 g/mol. The van der Waals surface area contributed by atoms with Crippen molar-refractivity contribution in [3.63, 3.8) is 0 Å². The summed E-state index contributed by atoms with van der Waals surface area (Å²) in [6.45, 7) is 11.3. The van der Waals surface area contributed by atoms with Crippen LogP contribution in [0, 0.1) is 0 Å². The van der Waals surface area contributed by atoms with E-state index in [-0.39, 0.29) is 42.3 Å². The number of hydrogen-bond donors (Lipinski definition) is 2. The highest BCUT2D eigenvalue weighted by atomic mass is 16.5. The Morgan fingerprint density at radius 3 is 2.10 bits per heavy atom. The SMILES string of the molecule is CNC(=O)N1CCc2c(-c3cc(OC)c(CN4CCN(CCN5CCN(c6ccc7c(c6)C(=O)N(C6CCC(=O)NC6=O)C7)CC5)CC4)c(OC)c3)cn(C)c(=O)c2C1. The maximum atomic E-state index is 13.4. The summed E-state index contributed by atoms with van der Waals surface area (Å²) >= 11 is 0. The summed E-state index contributed by atoms with van der Waals surface area (Å²) < 4.78 is 13.5. The fourth-order valence-corrected chi connectivity index (χ4v) is 9.32. The molecule has 1 unspecified atom stereocenters. The van der Waals surface area contributed by atoms with Gasteiger partial charge in [0.05, 0.1) is 26.3 Å². The molecule has 3 aromatic rings. The van der Waals surface area contributed by atoms with E-state index >= 15 is 0 Å². The Labute approximate surface area is 344 Å². The first-order chi connectivity index (χ1) is 28.5. The molecular formula is C43H55N9O7. The first-order valence-corrected chi connectivity index (χ1v) is 20.7. The average molecular weight is 810 g/mol. The van der Waals surface area contributed by atoms with Gasteiger partial charge in [-0.2, -0.15) is 0 Å². The van der Waals surface area contributed by atoms with Crippen molar-refractivity contribution in [2.75, 3.05) is 98.2 Å². The lowest BCUT2D eigenvalue weighted by atomic mass is 9.91. The van der Waals surface area contributed by atoms with E-state index in [1.54, 1.807) is 42.7 Å². The molecule has 5 aliphatic rings. The number of amides is 5. The van der Waals surface area contributed by atoms with Crippen LogP contribution >= 0.6 is 0 Å². The Morgan fingerprint density at radius 1 is 0.797 bits per heavy atom. The van der Waals surface area contributed by atoms with Crippen molar-refractivity contribution in [1.82, 2.24) is 39.7 Å². The molecule has 5 aliphatic heterocycles. The van der Waals surface area contributed by atoms with E-state index < -0.39 is 6.04 Å². The molecule has 1 aromatic heterocycles. The third-order valence-corrected chi connectivity index (χ3v) is 12.8. The fourth-order valence-electron chi connectivity index (χ4n) is 9.32. The zero-order chi connectivity index (χ0) is 41.4. The van der Waals surface area contributed by atoms with Crippen molar-refractivity contribution in [2.24, 2.45) is 7.05 Å². The number of fused-ring (bicyclic) bond motifs is 2. The summed E-state index contributed by atoms with van der Waals surface area (Å²) in [7, 11) is 6.72. The van der Waals surface area contributed by atoms with E-state index in [4.69, 9.17) is 9.47 Å². The number of pyridine rings is 1. The van der Waals surface area contributed by atoms with Crippen LogP contribution in [0.4, 0.5) is 10.5 Å². The molecule has 8 rings (SSSR count). The summed E-state index contributed by atoms with van der Waals surface area (Å²) in [5, 5.41) is 5.05. The van der Waals surface area contributed by atoms with Gasteiger partial charge in [0.15, 0.2) is 0 Å². The lowest BCUT2D eigenvalue weighted by Crippen LogP contribution is -2.52. The minimum Gasteiger partial charge on any atom is -0.496 e. The van der Waals surface area contributed by atoms with E-state index in [0.717, 1.165) is 110 Å². The summed E-state index contributed by atoms with van der Waals surface area (Å²) in [5.74, 6) is 0.679. The molecule has 2 aromatic carbocycles. The number of methoxy groups -OCH3 is 2. The molecule has 3 saturated heterocycles. The molecule has 5 amide bonds. The first-order valence-electron chi connectivity index (χ1n) is 20.7. The van der Waals surface area contributed by atoms with Gasteiger partial charge in [-0.15, -0.1) is 0 Å². The summed E-state index contributed by atoms with van der Waals surface area (Å²) in [6, 6.07) is 9.35. The van der Waals surface area contributed by atoms with Crippen LogP contribution in [0.2, 0.25) is 0 Å². The molecule has 3 fully saturated rings. The molecule has 0 spiro atoms. The highest BCUT2D eigenvalue weighted by Gasteiger charge is 2.39. The van der Waals surface area contributed by atoms with Crippen molar-refractivity contribution < 1.29 is 28.7 Å². The maximum absolute atomic E-state index is 13.4. The molecule has 0 saturated carbocycles. The van der Waals surface area contributed by atoms with E-state index in [0.29, 0.717) is 43.6 Å². The number of nitrogens with zero attached hydrogens (tertiary/aromatic N) is 7. The van der Waals surface area contributed by atoms with Crippen molar-refractivity contribution >= 4 is 29.4 Å². The van der Waals surface area contributed by atoms with Crippen LogP contribution in [0.1, 0.15) is 45.5 Å². The number of hydrogen-bond acceptors (Lipinski definition) is 11. The number of benzene rings is 2. The lowest BCUT2D eigenvalue weighted by Gasteiger charge is -2.39. The van der Waals surface area contributed by atoms with Crippen LogP contribution in [0.5, 0.6) is 11.5 Å². The van der Waals surface area contributed by atoms with Crippen molar-refractivity contribution in [1.29, 1.82) is 0 Å². The average Bonchev–Trinajstić information content (AvgIpc) is 3.59. The minimum absolute atomic E-state index is 0.0936. The molecule has 59 heavy (non-hydrogen) atoms. The Morgan fingerprint density at radius 2 is 1.46 bits per heavy atom. The Balaban J connectivity index is 0.832. The molecule has 16 heteroatoms. The van der Waals surface area contributed by atoms with E-state index in [1.165, 1.54) is 0 Å². The molecule has 0 aliphatic carbocycles. The summed E-state index contributed by atoms with van der Waals surface area (Å²) in [4.78, 5) is 76.2. The van der Waals surface area contributed by atoms with Crippen LogP contribution in [-0.2, 0) is 42.7 Å². The Bertz CT molecular complexity index is 2170. The van der Waals surface area contributed by atoms with E-state index in [1.807, 2.05) is 30.5 Å². The number of rotatable bonds is 10. The number of piperazine rings is 2. The molecule has 1 atom stereocenters. The van der Waals surface area contributed by atoms with E-state index in [9.17, 15) is 24.0 Å². The molecule has 6 heterocycles. The molecule has 314 valence electrons. The van der Waals surface area contributed by atoms with Crippen LogP contribution in [0.3, 0.4) is 0 Å². The third kappa shape index (κ3) is 8.13. The number of aryl methyl sites for hydroxylation is 1. The third-order valence-electron chi connectivity index (χ3n) is 12.8. The second kappa shape index (κ2) is 17.0. The van der Waals surface area contributed by atoms with Gasteiger partial charge in [-0.05, 0) is 53.8 Å². The van der Waals surface area contributed by atoms with Gasteiger partial charge in [-0.25, -0.2) is 4.79 Å². The predicted molar refractivity (Wildman–Crippen MR) is 222 cm³/mol. The normalized spacial score (nSPS) is 20.4. The molecule has 2 N–H and O–H groups in total. The number of nitrogens with one attached hydrogen (secondary N) is 2. The van der Waals surface area contributed by atoms with Gasteiger partial charge in [0.25, 0.3) is 11.5 Å². The first kappa shape index (κ1) is 40.3. The number of carbonyl (C=O) groups excluding carboxylic acids is 4. The standard InChI is InChI=1S/C43H55N9O7/c1-44-43(57)51-10-9-31-33(25-46(2)41(55)34(31)27-51)29-21-37(58-3)35(38(22-29)59-4)26-49-15-13-47(14-16-49)11-12-48-17-19-50(20-18-48)30-6-5-28-24-52(42(56)32(28)23-30)36-7-8-39(53)45-40(36)54/h5-6,21-23,25,36H,7-20,24,26-27H2,1-4H3,(H,44,57)(H,45,53,54). The second-order valence-electron chi connectivity index (χ2n) is 16.2. The van der Waals surface area contributed by atoms with Gasteiger partial charge in [-0.1, -0.05) is 6.07 Å². The maximum Gasteiger partial charge on any atom is 0.317 e. The highest BCUT2D eigenvalue weighted by Crippen LogP contribution is 2.38. The van der Waals surface area contributed by atoms with Crippen LogP contribution in [0.15, 0.2) is 41.3 Å². The predicted octanol–water partition coefficient (Wildman–Crippen LogP) is 1.47. The fraction of sp³-hybridized carbons (Fsp3) is 0.512. The molecular weight excluding hydrogens is 755 g/mol. The lowest BCUT2D eigenvalue weighted by molar-refractivity contribution is -0.136. The highest BCUT2D eigenvalue weighted by molar-refractivity contribution is 6.05. The topological polar surface area (TPSA) is 152 Å².